The van der Waals surface area contributed by atoms with Gasteiger partial charge in [0.15, 0.2) is 12.6 Å². The van der Waals surface area contributed by atoms with Crippen molar-refractivity contribution >= 4 is 0 Å². The molecule has 4 aliphatic rings. The molecule has 0 aromatic heterocycles. The van der Waals surface area contributed by atoms with Crippen molar-refractivity contribution in [2.75, 3.05) is 26.4 Å². The molecule has 0 saturated carbocycles. The third-order valence-corrected chi connectivity index (χ3v) is 8.52. The lowest BCUT2D eigenvalue weighted by Gasteiger charge is -2.49. The molecule has 0 radical (unpaired) electrons. The van der Waals surface area contributed by atoms with E-state index < -0.39 is 136 Å². The molecule has 19 heteroatoms. The van der Waals surface area contributed by atoms with Crippen LogP contribution in [0.15, 0.2) is 11.6 Å². The minimum Gasteiger partial charge on any atom is -0.394 e. The third kappa shape index (κ3) is 6.82. The number of ether oxygens (including phenoxy) is 5. The Kier molecular flexibility index (Phi) is 11.7. The van der Waals surface area contributed by atoms with Crippen LogP contribution < -0.4 is 5.32 Å². The van der Waals surface area contributed by atoms with E-state index in [4.69, 9.17) is 23.7 Å². The van der Waals surface area contributed by atoms with Gasteiger partial charge in [-0.2, -0.15) is 0 Å². The highest BCUT2D eigenvalue weighted by Crippen LogP contribution is 2.33. The molecule has 0 bridgehead atoms. The Labute approximate surface area is 250 Å². The van der Waals surface area contributed by atoms with Crippen LogP contribution in [-0.2, 0) is 23.7 Å². The highest BCUT2D eigenvalue weighted by Gasteiger charge is 2.55. The van der Waals surface area contributed by atoms with Crippen molar-refractivity contribution < 1.29 is 90.1 Å². The second kappa shape index (κ2) is 14.4. The maximum absolute atomic E-state index is 10.9. The van der Waals surface area contributed by atoms with E-state index in [1.165, 1.54) is 13.0 Å². The molecular weight excluding hydrogens is 602 g/mol. The summed E-state index contributed by atoms with van der Waals surface area (Å²) in [6, 6.07) is -2.17. The summed E-state index contributed by atoms with van der Waals surface area (Å²) in [6.07, 6.45) is -23.5. The van der Waals surface area contributed by atoms with Crippen molar-refractivity contribution in [1.29, 1.82) is 0 Å². The van der Waals surface area contributed by atoms with Gasteiger partial charge in [-0.05, 0) is 12.5 Å². The number of nitrogens with one attached hydrogen (secondary N) is 1. The van der Waals surface area contributed by atoms with Gasteiger partial charge in [0.25, 0.3) is 0 Å². The van der Waals surface area contributed by atoms with Crippen LogP contribution in [-0.4, -0.2) is 203 Å². The Balaban J connectivity index is 1.42. The SMILES string of the molecule is C[C@H]1O[C@H](O[C@H]2[C@H](O)[C@@H](O)[C@@H](O[C@H]3[C@H](O)COC(O)(CO)[C@@H]3O)O[C@@H]2CO)[C@H](O)[C@@H](O)[C@@H]1N[C@H]1C=C(CO)[C@@H](O)[C@H](O)[C@H]1O. The van der Waals surface area contributed by atoms with E-state index in [2.05, 4.69) is 5.32 Å². The first kappa shape index (κ1) is 35.8. The molecule has 0 spiro atoms. The molecule has 18 atom stereocenters. The van der Waals surface area contributed by atoms with E-state index in [1.807, 2.05) is 0 Å². The molecule has 19 nitrogen and oxygen atoms in total. The predicted molar refractivity (Wildman–Crippen MR) is 138 cm³/mol. The van der Waals surface area contributed by atoms with Crippen molar-refractivity contribution in [3.63, 3.8) is 0 Å². The molecule has 1 unspecified atom stereocenters. The largest absolute Gasteiger partial charge is 0.394 e. The van der Waals surface area contributed by atoms with Gasteiger partial charge in [-0.25, -0.2) is 0 Å². The van der Waals surface area contributed by atoms with Crippen molar-refractivity contribution in [1.82, 2.24) is 5.32 Å². The summed E-state index contributed by atoms with van der Waals surface area (Å²) in [4.78, 5) is 0. The summed E-state index contributed by atoms with van der Waals surface area (Å²) < 4.78 is 27.2. The molecule has 0 amide bonds. The quantitative estimate of drug-likeness (QED) is 0.103. The molecule has 3 saturated heterocycles. The monoisotopic (exact) mass is 645 g/mol. The minimum atomic E-state index is -2.50. The lowest BCUT2D eigenvalue weighted by molar-refractivity contribution is -0.384. The summed E-state index contributed by atoms with van der Waals surface area (Å²) in [5.41, 5.74) is 0.0213. The van der Waals surface area contributed by atoms with Gasteiger partial charge in [-0.1, -0.05) is 6.08 Å². The Morgan fingerprint density at radius 2 is 1.43 bits per heavy atom. The summed E-state index contributed by atoms with van der Waals surface area (Å²) in [7, 11) is 0. The summed E-state index contributed by atoms with van der Waals surface area (Å²) in [5.74, 6) is -2.50. The van der Waals surface area contributed by atoms with Crippen molar-refractivity contribution in [3.8, 4) is 0 Å². The second-order valence-electron chi connectivity index (χ2n) is 11.5. The van der Waals surface area contributed by atoms with E-state index in [0.717, 1.165) is 0 Å². The molecule has 3 heterocycles. The second-order valence-corrected chi connectivity index (χ2v) is 11.5. The maximum atomic E-state index is 10.9. The normalized spacial score (nSPS) is 52.0. The Bertz CT molecular complexity index is 975. The summed E-state index contributed by atoms with van der Waals surface area (Å²) in [5, 5.41) is 136. The maximum Gasteiger partial charge on any atom is 0.218 e. The first-order valence-corrected chi connectivity index (χ1v) is 14.1. The van der Waals surface area contributed by atoms with Crippen molar-refractivity contribution in [2.24, 2.45) is 0 Å². The van der Waals surface area contributed by atoms with E-state index in [9.17, 15) is 66.4 Å². The first-order valence-electron chi connectivity index (χ1n) is 14.1. The molecular formula is C25H43NO18. The minimum absolute atomic E-state index is 0.0213. The van der Waals surface area contributed by atoms with Gasteiger partial charge < -0.3 is 95.4 Å². The smallest absolute Gasteiger partial charge is 0.218 e. The number of hydrogen-bond acceptors (Lipinski definition) is 19. The standard InChI is InChI=1S/C25H43NO18/c1-7-12(26-9-2-8(3-27)13(31)16(34)14(9)32)15(33)18(36)23(41-7)44-21-11(4-28)42-24(19(37)17(21)35)43-20-10(30)5-40-25(39,6-29)22(20)38/h2,7,9-24,26-39H,3-6H2,1H3/t7-,9+,10-,11-,12-,13-,14+,15+,16+,17-,18-,19-,20+,21-,22-,23-,24-,25?/m1/s1. The molecule has 0 aromatic carbocycles. The van der Waals surface area contributed by atoms with Crippen LogP contribution in [0.2, 0.25) is 0 Å². The molecule has 1 aliphatic carbocycles. The molecule has 3 fully saturated rings. The molecule has 256 valence electrons. The van der Waals surface area contributed by atoms with Crippen LogP contribution in [0.25, 0.3) is 0 Å². The molecule has 4 rings (SSSR count). The van der Waals surface area contributed by atoms with Crippen LogP contribution >= 0.6 is 0 Å². The van der Waals surface area contributed by atoms with Crippen LogP contribution in [0.1, 0.15) is 6.92 Å². The van der Waals surface area contributed by atoms with Gasteiger partial charge in [-0.15, -0.1) is 0 Å². The fourth-order valence-electron chi connectivity index (χ4n) is 5.76. The van der Waals surface area contributed by atoms with E-state index in [0.29, 0.717) is 0 Å². The zero-order valence-corrected chi connectivity index (χ0v) is 23.6. The van der Waals surface area contributed by atoms with Crippen molar-refractivity contribution in [3.05, 3.63) is 11.6 Å². The molecule has 0 aromatic rings. The zero-order chi connectivity index (χ0) is 32.7. The lowest BCUT2D eigenvalue weighted by atomic mass is 9.86. The fraction of sp³-hybridized carbons (Fsp3) is 0.920. The predicted octanol–water partition coefficient (Wildman–Crippen LogP) is -8.56. The van der Waals surface area contributed by atoms with Crippen LogP contribution in [0.3, 0.4) is 0 Å². The van der Waals surface area contributed by atoms with Crippen molar-refractivity contribution in [2.45, 2.75) is 117 Å². The molecule has 44 heavy (non-hydrogen) atoms. The van der Waals surface area contributed by atoms with E-state index >= 15 is 0 Å². The zero-order valence-electron chi connectivity index (χ0n) is 23.6. The Hall–Kier alpha value is -1.02. The average Bonchev–Trinajstić information content (AvgIpc) is 3.01. The molecule has 14 N–H and O–H groups in total. The molecule has 3 aliphatic heterocycles. The number of aliphatic hydroxyl groups excluding tert-OH is 12. The number of aliphatic hydroxyl groups is 13. The van der Waals surface area contributed by atoms with Gasteiger partial charge in [0, 0.05) is 0 Å². The van der Waals surface area contributed by atoms with Gasteiger partial charge in [0.2, 0.25) is 5.79 Å². The fourth-order valence-corrected chi connectivity index (χ4v) is 5.76. The summed E-state index contributed by atoms with van der Waals surface area (Å²) >= 11 is 0. The summed E-state index contributed by atoms with van der Waals surface area (Å²) in [6.45, 7) is -1.63. The van der Waals surface area contributed by atoms with Gasteiger partial charge in [0.1, 0.15) is 73.2 Å². The van der Waals surface area contributed by atoms with Crippen LogP contribution in [0.4, 0.5) is 0 Å². The van der Waals surface area contributed by atoms with E-state index in [1.54, 1.807) is 0 Å². The number of rotatable bonds is 9. The number of hydrogen-bond donors (Lipinski definition) is 14. The van der Waals surface area contributed by atoms with Gasteiger partial charge in [0.05, 0.1) is 44.6 Å². The Morgan fingerprint density at radius 1 is 0.818 bits per heavy atom. The van der Waals surface area contributed by atoms with Crippen LogP contribution in [0, 0.1) is 0 Å². The van der Waals surface area contributed by atoms with E-state index in [-0.39, 0.29) is 5.57 Å². The topological polar surface area (TPSA) is 321 Å². The van der Waals surface area contributed by atoms with Crippen LogP contribution in [0.5, 0.6) is 0 Å². The van der Waals surface area contributed by atoms with Gasteiger partial charge in [-0.3, -0.25) is 0 Å². The Morgan fingerprint density at radius 3 is 2.05 bits per heavy atom. The lowest BCUT2D eigenvalue weighted by Crippen LogP contribution is -2.69. The highest BCUT2D eigenvalue weighted by atomic mass is 16.7. The highest BCUT2D eigenvalue weighted by molar-refractivity contribution is 5.22. The third-order valence-electron chi connectivity index (χ3n) is 8.52. The van der Waals surface area contributed by atoms with Gasteiger partial charge >= 0.3 is 0 Å². The first-order chi connectivity index (χ1) is 20.7. The average molecular weight is 646 g/mol.